The summed E-state index contributed by atoms with van der Waals surface area (Å²) in [5.41, 5.74) is 12.8. The fourth-order valence-electron chi connectivity index (χ4n) is 2.18. The SMILES string of the molecule is CC1(Nc2cc(C(N)=O)ccc2N)CCCOC1. The van der Waals surface area contributed by atoms with Crippen molar-refractivity contribution < 1.29 is 9.53 Å². The van der Waals surface area contributed by atoms with Crippen molar-refractivity contribution in [3.8, 4) is 0 Å². The van der Waals surface area contributed by atoms with E-state index in [0.717, 1.165) is 25.1 Å². The largest absolute Gasteiger partial charge is 0.397 e. The lowest BCUT2D eigenvalue weighted by Crippen LogP contribution is -2.43. The van der Waals surface area contributed by atoms with Gasteiger partial charge in [-0.3, -0.25) is 4.79 Å². The Morgan fingerprint density at radius 1 is 1.50 bits per heavy atom. The van der Waals surface area contributed by atoms with E-state index in [2.05, 4.69) is 12.2 Å². The summed E-state index contributed by atoms with van der Waals surface area (Å²) in [5, 5.41) is 3.36. The minimum absolute atomic E-state index is 0.150. The Bertz CT molecular complexity index is 454. The highest BCUT2D eigenvalue weighted by Crippen LogP contribution is 2.28. The van der Waals surface area contributed by atoms with Crippen LogP contribution >= 0.6 is 0 Å². The number of nitrogen functional groups attached to an aromatic ring is 1. The summed E-state index contributed by atoms with van der Waals surface area (Å²) in [6.07, 6.45) is 2.02. The van der Waals surface area contributed by atoms with Crippen LogP contribution in [0.25, 0.3) is 0 Å². The first kappa shape index (κ1) is 12.7. The molecular weight excluding hydrogens is 230 g/mol. The van der Waals surface area contributed by atoms with Gasteiger partial charge in [0.05, 0.1) is 23.5 Å². The number of anilines is 2. The number of amides is 1. The van der Waals surface area contributed by atoms with Crippen LogP contribution in [0.3, 0.4) is 0 Å². The van der Waals surface area contributed by atoms with Gasteiger partial charge in [-0.25, -0.2) is 0 Å². The molecule has 5 nitrogen and oxygen atoms in total. The Balaban J connectivity index is 2.22. The van der Waals surface area contributed by atoms with E-state index in [1.165, 1.54) is 0 Å². The van der Waals surface area contributed by atoms with E-state index in [1.807, 2.05) is 0 Å². The second-order valence-electron chi connectivity index (χ2n) is 5.01. The van der Waals surface area contributed by atoms with Crippen molar-refractivity contribution in [2.75, 3.05) is 24.3 Å². The Morgan fingerprint density at radius 2 is 2.28 bits per heavy atom. The van der Waals surface area contributed by atoms with E-state index in [-0.39, 0.29) is 5.54 Å². The number of hydrogen-bond acceptors (Lipinski definition) is 4. The van der Waals surface area contributed by atoms with Gasteiger partial charge in [0.1, 0.15) is 0 Å². The number of carbonyl (C=O) groups is 1. The molecule has 0 bridgehead atoms. The fourth-order valence-corrected chi connectivity index (χ4v) is 2.18. The van der Waals surface area contributed by atoms with Crippen molar-refractivity contribution in [3.05, 3.63) is 23.8 Å². The predicted octanol–water partition coefficient (Wildman–Crippen LogP) is 1.35. The van der Waals surface area contributed by atoms with Gasteiger partial charge in [-0.1, -0.05) is 0 Å². The summed E-state index contributed by atoms with van der Waals surface area (Å²) in [7, 11) is 0. The van der Waals surface area contributed by atoms with Crippen LogP contribution in [0, 0.1) is 0 Å². The normalized spacial score (nSPS) is 23.6. The molecule has 98 valence electrons. The third-order valence-electron chi connectivity index (χ3n) is 3.21. The van der Waals surface area contributed by atoms with Gasteiger partial charge in [0.15, 0.2) is 0 Å². The number of benzene rings is 1. The standard InChI is InChI=1S/C13H19N3O2/c1-13(5-2-6-18-8-13)16-11-7-9(12(15)17)3-4-10(11)14/h3-4,7,16H,2,5-6,8,14H2,1H3,(H2,15,17). The number of rotatable bonds is 3. The first-order valence-corrected chi connectivity index (χ1v) is 6.05. The molecule has 1 heterocycles. The van der Waals surface area contributed by atoms with Gasteiger partial charge in [0.25, 0.3) is 0 Å². The molecule has 1 fully saturated rings. The number of nitrogens with two attached hydrogens (primary N) is 2. The van der Waals surface area contributed by atoms with Crippen molar-refractivity contribution in [2.45, 2.75) is 25.3 Å². The zero-order valence-electron chi connectivity index (χ0n) is 10.5. The molecule has 1 atom stereocenters. The maximum Gasteiger partial charge on any atom is 0.248 e. The summed E-state index contributed by atoms with van der Waals surface area (Å²) in [6, 6.07) is 5.01. The van der Waals surface area contributed by atoms with Crippen LogP contribution in [0.15, 0.2) is 18.2 Å². The molecule has 1 amide bonds. The quantitative estimate of drug-likeness (QED) is 0.705. The van der Waals surface area contributed by atoms with Gasteiger partial charge < -0.3 is 21.5 Å². The van der Waals surface area contributed by atoms with Crippen molar-refractivity contribution in [3.63, 3.8) is 0 Å². The van der Waals surface area contributed by atoms with Crippen LogP contribution in [-0.4, -0.2) is 24.7 Å². The minimum atomic E-state index is -0.455. The van der Waals surface area contributed by atoms with Crippen LogP contribution < -0.4 is 16.8 Å². The molecule has 1 aromatic carbocycles. The van der Waals surface area contributed by atoms with Gasteiger partial charge in [-0.15, -0.1) is 0 Å². The van der Waals surface area contributed by atoms with Crippen molar-refractivity contribution in [2.24, 2.45) is 5.73 Å². The van der Waals surface area contributed by atoms with Gasteiger partial charge >= 0.3 is 0 Å². The maximum atomic E-state index is 11.2. The second kappa shape index (κ2) is 4.86. The Kier molecular flexibility index (Phi) is 3.43. The summed E-state index contributed by atoms with van der Waals surface area (Å²) in [5.74, 6) is -0.455. The Hall–Kier alpha value is -1.75. The van der Waals surface area contributed by atoms with Gasteiger partial charge in [0, 0.05) is 12.2 Å². The van der Waals surface area contributed by atoms with E-state index >= 15 is 0 Å². The van der Waals surface area contributed by atoms with E-state index in [9.17, 15) is 4.79 Å². The Morgan fingerprint density at radius 3 is 2.89 bits per heavy atom. The average molecular weight is 249 g/mol. The molecule has 5 heteroatoms. The summed E-state index contributed by atoms with van der Waals surface area (Å²) < 4.78 is 5.48. The highest BCUT2D eigenvalue weighted by Gasteiger charge is 2.28. The maximum absolute atomic E-state index is 11.2. The molecule has 1 aliphatic rings. The molecule has 0 aliphatic carbocycles. The first-order valence-electron chi connectivity index (χ1n) is 6.05. The summed E-state index contributed by atoms with van der Waals surface area (Å²) >= 11 is 0. The van der Waals surface area contributed by atoms with Gasteiger partial charge in [-0.05, 0) is 38.0 Å². The monoisotopic (exact) mass is 249 g/mol. The molecule has 0 aromatic heterocycles. The number of nitrogens with one attached hydrogen (secondary N) is 1. The van der Waals surface area contributed by atoms with Crippen LogP contribution in [0.2, 0.25) is 0 Å². The van der Waals surface area contributed by atoms with Crippen LogP contribution in [-0.2, 0) is 4.74 Å². The topological polar surface area (TPSA) is 90.4 Å². The lowest BCUT2D eigenvalue weighted by molar-refractivity contribution is 0.0540. The van der Waals surface area contributed by atoms with E-state index in [1.54, 1.807) is 18.2 Å². The highest BCUT2D eigenvalue weighted by atomic mass is 16.5. The number of primary amides is 1. The zero-order valence-corrected chi connectivity index (χ0v) is 10.5. The summed E-state index contributed by atoms with van der Waals surface area (Å²) in [4.78, 5) is 11.2. The third kappa shape index (κ3) is 2.73. The Labute approximate surface area is 106 Å². The molecule has 0 radical (unpaired) electrons. The average Bonchev–Trinajstić information content (AvgIpc) is 2.32. The molecule has 1 saturated heterocycles. The van der Waals surface area contributed by atoms with Crippen molar-refractivity contribution in [1.29, 1.82) is 0 Å². The van der Waals surface area contributed by atoms with Crippen molar-refractivity contribution >= 4 is 17.3 Å². The third-order valence-corrected chi connectivity index (χ3v) is 3.21. The lowest BCUT2D eigenvalue weighted by atomic mass is 9.94. The van der Waals surface area contributed by atoms with Crippen molar-refractivity contribution in [1.82, 2.24) is 0 Å². The summed E-state index contributed by atoms with van der Waals surface area (Å²) in [6.45, 7) is 3.52. The molecule has 5 N–H and O–H groups in total. The number of ether oxygens (including phenoxy) is 1. The van der Waals surface area contributed by atoms with Crippen LogP contribution in [0.5, 0.6) is 0 Å². The van der Waals surface area contributed by atoms with Crippen LogP contribution in [0.1, 0.15) is 30.1 Å². The minimum Gasteiger partial charge on any atom is -0.397 e. The van der Waals surface area contributed by atoms with E-state index in [0.29, 0.717) is 17.9 Å². The second-order valence-corrected chi connectivity index (χ2v) is 5.01. The molecule has 1 unspecified atom stereocenters. The lowest BCUT2D eigenvalue weighted by Gasteiger charge is -2.35. The fraction of sp³-hybridized carbons (Fsp3) is 0.462. The molecule has 2 rings (SSSR count). The smallest absolute Gasteiger partial charge is 0.248 e. The van der Waals surface area contributed by atoms with Crippen LogP contribution in [0.4, 0.5) is 11.4 Å². The predicted molar refractivity (Wildman–Crippen MR) is 71.5 cm³/mol. The molecule has 0 spiro atoms. The zero-order chi connectivity index (χ0) is 13.2. The van der Waals surface area contributed by atoms with Gasteiger partial charge in [0.2, 0.25) is 5.91 Å². The number of carbonyl (C=O) groups excluding carboxylic acids is 1. The molecular formula is C13H19N3O2. The van der Waals surface area contributed by atoms with E-state index in [4.69, 9.17) is 16.2 Å². The van der Waals surface area contributed by atoms with E-state index < -0.39 is 5.91 Å². The molecule has 1 aliphatic heterocycles. The number of hydrogen-bond donors (Lipinski definition) is 3. The highest BCUT2D eigenvalue weighted by molar-refractivity contribution is 5.95. The van der Waals surface area contributed by atoms with Gasteiger partial charge in [-0.2, -0.15) is 0 Å². The molecule has 18 heavy (non-hydrogen) atoms. The first-order chi connectivity index (χ1) is 8.50. The molecule has 0 saturated carbocycles. The molecule has 1 aromatic rings.